The minimum Gasteiger partial charge on any atom is -0.400 e. The summed E-state index contributed by atoms with van der Waals surface area (Å²) in [5.41, 5.74) is 0. The lowest BCUT2D eigenvalue weighted by Gasteiger charge is -1.88. The summed E-state index contributed by atoms with van der Waals surface area (Å²) < 4.78 is 27.6. The van der Waals surface area contributed by atoms with Gasteiger partial charge >= 0.3 is 5.88 Å². The summed E-state index contributed by atoms with van der Waals surface area (Å²) in [4.78, 5) is 9.03. The van der Waals surface area contributed by atoms with E-state index < -0.39 is 23.0 Å². The monoisotopic (exact) mass is 163 g/mol. The van der Waals surface area contributed by atoms with E-state index in [1.54, 1.807) is 0 Å². The summed E-state index contributed by atoms with van der Waals surface area (Å²) in [6, 6.07) is 1.77. The van der Waals surface area contributed by atoms with Gasteiger partial charge in [0.15, 0.2) is 5.76 Å². The second-order valence-corrected chi connectivity index (χ2v) is 1.73. The van der Waals surface area contributed by atoms with Gasteiger partial charge in [-0.1, -0.05) is 0 Å². The zero-order valence-corrected chi connectivity index (χ0v) is 5.16. The largest absolute Gasteiger partial charge is 0.433 e. The van der Waals surface area contributed by atoms with Gasteiger partial charge < -0.3 is 4.42 Å². The quantitative estimate of drug-likeness (QED) is 0.495. The molecule has 0 saturated heterocycles. The van der Waals surface area contributed by atoms with Gasteiger partial charge in [0, 0.05) is 0 Å². The second kappa shape index (κ2) is 2.65. The van der Waals surface area contributed by atoms with E-state index in [4.69, 9.17) is 0 Å². The average Bonchev–Trinajstić information content (AvgIpc) is 2.33. The van der Waals surface area contributed by atoms with Gasteiger partial charge in [-0.25, -0.2) is 8.78 Å². The van der Waals surface area contributed by atoms with Crippen LogP contribution in [0.4, 0.5) is 14.7 Å². The van der Waals surface area contributed by atoms with Crippen LogP contribution in [0, 0.1) is 10.1 Å². The SMILES string of the molecule is O=[N+]([O-])c1ccc(C(F)F)o1. The Morgan fingerprint density at radius 1 is 1.55 bits per heavy atom. The lowest BCUT2D eigenvalue weighted by molar-refractivity contribution is -0.402. The maximum atomic E-state index is 11.7. The number of nitrogens with zero attached hydrogens (tertiary/aromatic N) is 1. The van der Waals surface area contributed by atoms with Crippen LogP contribution in [0.5, 0.6) is 0 Å². The molecule has 1 rings (SSSR count). The van der Waals surface area contributed by atoms with Crippen LogP contribution in [-0.2, 0) is 0 Å². The van der Waals surface area contributed by atoms with Gasteiger partial charge in [0.25, 0.3) is 6.43 Å². The molecule has 1 aromatic heterocycles. The maximum Gasteiger partial charge on any atom is 0.433 e. The Morgan fingerprint density at radius 3 is 2.45 bits per heavy atom. The fourth-order valence-corrected chi connectivity index (χ4v) is 0.558. The predicted molar refractivity (Wildman–Crippen MR) is 30.3 cm³/mol. The number of alkyl halides is 2. The molecular weight excluding hydrogens is 160 g/mol. The van der Waals surface area contributed by atoms with Crippen LogP contribution < -0.4 is 0 Å². The molecular formula is C5H3F2NO3. The topological polar surface area (TPSA) is 56.3 Å². The molecule has 0 N–H and O–H groups in total. The third kappa shape index (κ3) is 1.51. The van der Waals surface area contributed by atoms with Crippen LogP contribution in [0.25, 0.3) is 0 Å². The molecule has 0 unspecified atom stereocenters. The summed E-state index contributed by atoms with van der Waals surface area (Å²) >= 11 is 0. The first-order valence-corrected chi connectivity index (χ1v) is 2.63. The Kier molecular flexibility index (Phi) is 1.84. The minimum atomic E-state index is -2.80. The van der Waals surface area contributed by atoms with Crippen LogP contribution in [-0.4, -0.2) is 4.92 Å². The van der Waals surface area contributed by atoms with Gasteiger partial charge in [0.05, 0.1) is 6.07 Å². The van der Waals surface area contributed by atoms with Crippen molar-refractivity contribution in [1.82, 2.24) is 0 Å². The summed E-state index contributed by atoms with van der Waals surface area (Å²) in [7, 11) is 0. The van der Waals surface area contributed by atoms with Crippen molar-refractivity contribution in [2.24, 2.45) is 0 Å². The van der Waals surface area contributed by atoms with Crippen LogP contribution in [0.1, 0.15) is 12.2 Å². The van der Waals surface area contributed by atoms with Gasteiger partial charge in [-0.3, -0.25) is 10.1 Å². The van der Waals surface area contributed by atoms with Crippen molar-refractivity contribution in [1.29, 1.82) is 0 Å². The molecule has 0 atom stereocenters. The lowest BCUT2D eigenvalue weighted by Crippen LogP contribution is -1.83. The summed E-state index contributed by atoms with van der Waals surface area (Å²) in [6.07, 6.45) is -2.80. The minimum absolute atomic E-state index is 0.666. The van der Waals surface area contributed by atoms with Gasteiger partial charge in [-0.05, 0) is 6.07 Å². The number of nitro groups is 1. The maximum absolute atomic E-state index is 11.7. The van der Waals surface area contributed by atoms with Crippen LogP contribution in [0.3, 0.4) is 0 Å². The molecule has 0 fully saturated rings. The van der Waals surface area contributed by atoms with E-state index in [1.807, 2.05) is 0 Å². The Morgan fingerprint density at radius 2 is 2.18 bits per heavy atom. The van der Waals surface area contributed by atoms with Crippen molar-refractivity contribution in [2.75, 3.05) is 0 Å². The summed E-state index contributed by atoms with van der Waals surface area (Å²) in [6.45, 7) is 0. The molecule has 0 aliphatic heterocycles. The molecule has 1 heterocycles. The fraction of sp³-hybridized carbons (Fsp3) is 0.200. The first-order chi connectivity index (χ1) is 5.11. The van der Waals surface area contributed by atoms with Gasteiger partial charge in [-0.15, -0.1) is 0 Å². The number of furan rings is 1. The number of rotatable bonds is 2. The molecule has 1 aromatic rings. The highest BCUT2D eigenvalue weighted by Crippen LogP contribution is 2.24. The molecule has 0 aromatic carbocycles. The molecule has 6 heteroatoms. The molecule has 0 spiro atoms. The molecule has 0 aliphatic carbocycles. The third-order valence-electron chi connectivity index (χ3n) is 1.01. The van der Waals surface area contributed by atoms with E-state index in [0.29, 0.717) is 0 Å². The Bertz CT molecular complexity index is 270. The highest BCUT2D eigenvalue weighted by molar-refractivity contribution is 5.18. The van der Waals surface area contributed by atoms with E-state index in [9.17, 15) is 18.9 Å². The highest BCUT2D eigenvalue weighted by Gasteiger charge is 2.17. The van der Waals surface area contributed by atoms with E-state index in [-0.39, 0.29) is 0 Å². The molecule has 60 valence electrons. The molecule has 0 amide bonds. The van der Waals surface area contributed by atoms with E-state index >= 15 is 0 Å². The van der Waals surface area contributed by atoms with Crippen molar-refractivity contribution in [3.8, 4) is 0 Å². The van der Waals surface area contributed by atoms with Crippen LogP contribution >= 0.6 is 0 Å². The Balaban J connectivity index is 2.90. The first-order valence-electron chi connectivity index (χ1n) is 2.63. The van der Waals surface area contributed by atoms with Crippen molar-refractivity contribution < 1.29 is 18.1 Å². The Labute approximate surface area is 59.6 Å². The van der Waals surface area contributed by atoms with Crippen molar-refractivity contribution in [2.45, 2.75) is 6.43 Å². The third-order valence-corrected chi connectivity index (χ3v) is 1.01. The predicted octanol–water partition coefficient (Wildman–Crippen LogP) is 2.13. The van der Waals surface area contributed by atoms with Crippen LogP contribution in [0.2, 0.25) is 0 Å². The summed E-state index contributed by atoms with van der Waals surface area (Å²) in [5.74, 6) is -1.35. The van der Waals surface area contributed by atoms with E-state index in [2.05, 4.69) is 4.42 Å². The molecule has 0 aliphatic rings. The number of hydrogen-bond donors (Lipinski definition) is 0. The zero-order chi connectivity index (χ0) is 8.43. The number of hydrogen-bond acceptors (Lipinski definition) is 3. The lowest BCUT2D eigenvalue weighted by atomic mass is 10.5. The van der Waals surface area contributed by atoms with E-state index in [0.717, 1.165) is 12.1 Å². The molecule has 0 bridgehead atoms. The Hall–Kier alpha value is -1.46. The highest BCUT2D eigenvalue weighted by atomic mass is 19.3. The smallest absolute Gasteiger partial charge is 0.400 e. The molecule has 11 heavy (non-hydrogen) atoms. The molecule has 4 nitrogen and oxygen atoms in total. The van der Waals surface area contributed by atoms with E-state index in [1.165, 1.54) is 0 Å². The summed E-state index contributed by atoms with van der Waals surface area (Å²) in [5, 5.41) is 9.90. The van der Waals surface area contributed by atoms with Gasteiger partial charge in [0.1, 0.15) is 4.92 Å². The van der Waals surface area contributed by atoms with Gasteiger partial charge in [-0.2, -0.15) is 0 Å². The normalized spacial score (nSPS) is 10.5. The van der Waals surface area contributed by atoms with Crippen molar-refractivity contribution in [3.63, 3.8) is 0 Å². The van der Waals surface area contributed by atoms with Gasteiger partial charge in [0.2, 0.25) is 0 Å². The van der Waals surface area contributed by atoms with Crippen molar-refractivity contribution in [3.05, 3.63) is 28.0 Å². The molecule has 0 radical (unpaired) electrons. The van der Waals surface area contributed by atoms with Crippen molar-refractivity contribution >= 4 is 5.88 Å². The number of halogens is 2. The fourth-order valence-electron chi connectivity index (χ4n) is 0.558. The average molecular weight is 163 g/mol. The second-order valence-electron chi connectivity index (χ2n) is 1.73. The molecule has 0 saturated carbocycles. The standard InChI is InChI=1S/C5H3F2NO3/c6-5(7)3-1-2-4(11-3)8(9)10/h1-2,5H. The zero-order valence-electron chi connectivity index (χ0n) is 5.16. The van der Waals surface area contributed by atoms with Crippen LogP contribution in [0.15, 0.2) is 16.5 Å². The first kappa shape index (κ1) is 7.64.